The molecule has 106 valence electrons. The van der Waals surface area contributed by atoms with Gasteiger partial charge in [0.15, 0.2) is 0 Å². The minimum Gasteiger partial charge on any atom is -0.478 e. The molecule has 6 heteroatoms. The Bertz CT molecular complexity index is 435. The van der Waals surface area contributed by atoms with Gasteiger partial charge in [-0.3, -0.25) is 4.79 Å². The number of hydrogen-bond acceptors (Lipinski definition) is 5. The molecule has 1 amide bonds. The molecule has 19 heavy (non-hydrogen) atoms. The summed E-state index contributed by atoms with van der Waals surface area (Å²) in [5.41, 5.74) is 0.800. The molecule has 0 aliphatic heterocycles. The van der Waals surface area contributed by atoms with Gasteiger partial charge in [-0.15, -0.1) is 0 Å². The summed E-state index contributed by atoms with van der Waals surface area (Å²) in [6, 6.07) is -0.257. The third kappa shape index (κ3) is 4.39. The lowest BCUT2D eigenvalue weighted by Crippen LogP contribution is -2.41. The van der Waals surface area contributed by atoms with E-state index in [2.05, 4.69) is 20.6 Å². The van der Waals surface area contributed by atoms with Crippen molar-refractivity contribution in [2.24, 2.45) is 0 Å². The molecule has 0 fully saturated rings. The van der Waals surface area contributed by atoms with Crippen molar-refractivity contribution in [3.05, 3.63) is 11.9 Å². The fraction of sp³-hybridized carbons (Fsp3) is 0.615. The van der Waals surface area contributed by atoms with Gasteiger partial charge in [-0.25, -0.2) is 9.97 Å². The van der Waals surface area contributed by atoms with Gasteiger partial charge >= 0.3 is 0 Å². The van der Waals surface area contributed by atoms with Gasteiger partial charge in [0.1, 0.15) is 18.2 Å². The van der Waals surface area contributed by atoms with Crippen molar-refractivity contribution in [1.82, 2.24) is 15.3 Å². The van der Waals surface area contributed by atoms with Crippen LogP contribution in [0.25, 0.3) is 0 Å². The van der Waals surface area contributed by atoms with Crippen molar-refractivity contribution in [2.75, 3.05) is 11.9 Å². The molecule has 1 aromatic heterocycles. The largest absolute Gasteiger partial charge is 0.478 e. The molecular formula is C13H22N4O2. The molecule has 0 bridgehead atoms. The van der Waals surface area contributed by atoms with Gasteiger partial charge in [0, 0.05) is 6.04 Å². The first-order chi connectivity index (χ1) is 8.95. The molecule has 0 aromatic carbocycles. The van der Waals surface area contributed by atoms with Crippen LogP contribution in [0.2, 0.25) is 0 Å². The van der Waals surface area contributed by atoms with Crippen LogP contribution in [0.3, 0.4) is 0 Å². The molecule has 0 saturated carbocycles. The van der Waals surface area contributed by atoms with Crippen molar-refractivity contribution >= 4 is 11.7 Å². The average Bonchev–Trinajstić information content (AvgIpc) is 2.33. The van der Waals surface area contributed by atoms with Gasteiger partial charge < -0.3 is 15.4 Å². The zero-order valence-electron chi connectivity index (χ0n) is 12.2. The Labute approximate surface area is 114 Å². The minimum atomic E-state index is -0.370. The minimum absolute atomic E-state index is 0.0639. The Morgan fingerprint density at radius 1 is 1.37 bits per heavy atom. The zero-order chi connectivity index (χ0) is 14.4. The van der Waals surface area contributed by atoms with Crippen LogP contribution in [-0.2, 0) is 4.79 Å². The monoisotopic (exact) mass is 266 g/mol. The van der Waals surface area contributed by atoms with E-state index in [1.165, 1.54) is 6.33 Å². The van der Waals surface area contributed by atoms with Gasteiger partial charge in [0.2, 0.25) is 11.8 Å². The Balaban J connectivity index is 2.76. The second-order valence-corrected chi connectivity index (χ2v) is 4.61. The number of ether oxygens (including phenoxy) is 1. The maximum absolute atomic E-state index is 11.8. The molecule has 2 N–H and O–H groups in total. The first-order valence-corrected chi connectivity index (χ1v) is 6.47. The van der Waals surface area contributed by atoms with E-state index in [0.717, 1.165) is 5.56 Å². The van der Waals surface area contributed by atoms with E-state index >= 15 is 0 Å². The van der Waals surface area contributed by atoms with E-state index in [1.54, 1.807) is 6.92 Å². The number of nitrogens with one attached hydrogen (secondary N) is 2. The van der Waals surface area contributed by atoms with Crippen molar-refractivity contribution in [2.45, 2.75) is 46.7 Å². The van der Waals surface area contributed by atoms with Gasteiger partial charge in [0.05, 0.1) is 12.2 Å². The number of amides is 1. The SMILES string of the molecule is CCOc1ncnc(NC(C)C(=O)NC(C)C)c1C. The number of anilines is 1. The molecule has 1 rings (SSSR count). The van der Waals surface area contributed by atoms with Gasteiger partial charge in [0.25, 0.3) is 0 Å². The first kappa shape index (κ1) is 15.2. The van der Waals surface area contributed by atoms with Crippen molar-refractivity contribution in [3.63, 3.8) is 0 Å². The van der Waals surface area contributed by atoms with Crippen LogP contribution in [0.5, 0.6) is 5.88 Å². The summed E-state index contributed by atoms with van der Waals surface area (Å²) >= 11 is 0. The number of hydrogen-bond donors (Lipinski definition) is 2. The van der Waals surface area contributed by atoms with Crippen molar-refractivity contribution < 1.29 is 9.53 Å². The molecule has 6 nitrogen and oxygen atoms in total. The standard InChI is InChI=1S/C13H22N4O2/c1-6-19-13-9(4)11(14-7-15-13)17-10(5)12(18)16-8(2)3/h7-8,10H,6H2,1-5H3,(H,16,18)(H,14,15,17). The zero-order valence-corrected chi connectivity index (χ0v) is 12.2. The van der Waals surface area contributed by atoms with E-state index in [0.29, 0.717) is 18.3 Å². The third-order valence-corrected chi connectivity index (χ3v) is 2.50. The maximum Gasteiger partial charge on any atom is 0.242 e. The topological polar surface area (TPSA) is 76.1 Å². The summed E-state index contributed by atoms with van der Waals surface area (Å²) in [5, 5.41) is 5.92. The normalized spacial score (nSPS) is 12.1. The number of aromatic nitrogens is 2. The van der Waals surface area contributed by atoms with Crippen LogP contribution in [0.15, 0.2) is 6.33 Å². The molecule has 0 saturated heterocycles. The molecule has 1 aromatic rings. The van der Waals surface area contributed by atoms with E-state index in [-0.39, 0.29) is 18.0 Å². The Kier molecular flexibility index (Phi) is 5.54. The quantitative estimate of drug-likeness (QED) is 0.816. The molecule has 1 heterocycles. The molecular weight excluding hydrogens is 244 g/mol. The summed E-state index contributed by atoms with van der Waals surface area (Å²) in [7, 11) is 0. The highest BCUT2D eigenvalue weighted by Crippen LogP contribution is 2.20. The lowest BCUT2D eigenvalue weighted by atomic mass is 10.2. The van der Waals surface area contributed by atoms with Gasteiger partial charge in [-0.2, -0.15) is 0 Å². The van der Waals surface area contributed by atoms with Crippen LogP contribution >= 0.6 is 0 Å². The predicted octanol–water partition coefficient (Wildman–Crippen LogP) is 1.51. The highest BCUT2D eigenvalue weighted by atomic mass is 16.5. The smallest absolute Gasteiger partial charge is 0.242 e. The number of carbonyl (C=O) groups excluding carboxylic acids is 1. The molecule has 1 atom stereocenters. The molecule has 0 radical (unpaired) electrons. The van der Waals surface area contributed by atoms with E-state index in [9.17, 15) is 4.79 Å². The highest BCUT2D eigenvalue weighted by molar-refractivity contribution is 5.84. The van der Waals surface area contributed by atoms with Crippen LogP contribution in [0.1, 0.15) is 33.3 Å². The second kappa shape index (κ2) is 6.92. The summed E-state index contributed by atoms with van der Waals surface area (Å²) in [4.78, 5) is 20.0. The fourth-order valence-electron chi connectivity index (χ4n) is 1.54. The van der Waals surface area contributed by atoms with Crippen LogP contribution in [0, 0.1) is 6.92 Å². The van der Waals surface area contributed by atoms with Gasteiger partial charge in [-0.1, -0.05) is 0 Å². The van der Waals surface area contributed by atoms with E-state index in [1.807, 2.05) is 27.7 Å². The van der Waals surface area contributed by atoms with Crippen LogP contribution in [0.4, 0.5) is 5.82 Å². The molecule has 0 spiro atoms. The number of rotatable bonds is 6. The molecule has 0 aliphatic rings. The van der Waals surface area contributed by atoms with Crippen molar-refractivity contribution in [1.29, 1.82) is 0 Å². The fourth-order valence-corrected chi connectivity index (χ4v) is 1.54. The Hall–Kier alpha value is -1.85. The summed E-state index contributed by atoms with van der Waals surface area (Å²) < 4.78 is 5.39. The number of nitrogens with zero attached hydrogens (tertiary/aromatic N) is 2. The number of carbonyl (C=O) groups is 1. The van der Waals surface area contributed by atoms with Crippen LogP contribution in [-0.4, -0.2) is 34.6 Å². The average molecular weight is 266 g/mol. The molecule has 0 aliphatic carbocycles. The van der Waals surface area contributed by atoms with Gasteiger partial charge in [-0.05, 0) is 34.6 Å². The summed E-state index contributed by atoms with van der Waals surface area (Å²) in [6.07, 6.45) is 1.42. The first-order valence-electron chi connectivity index (χ1n) is 6.47. The Morgan fingerprint density at radius 3 is 2.63 bits per heavy atom. The maximum atomic E-state index is 11.8. The Morgan fingerprint density at radius 2 is 2.05 bits per heavy atom. The second-order valence-electron chi connectivity index (χ2n) is 4.61. The summed E-state index contributed by atoms with van der Waals surface area (Å²) in [5.74, 6) is 1.09. The van der Waals surface area contributed by atoms with E-state index in [4.69, 9.17) is 4.74 Å². The van der Waals surface area contributed by atoms with Crippen molar-refractivity contribution in [3.8, 4) is 5.88 Å². The van der Waals surface area contributed by atoms with E-state index < -0.39 is 0 Å². The summed E-state index contributed by atoms with van der Waals surface area (Å²) in [6.45, 7) is 9.94. The van der Waals surface area contributed by atoms with Crippen LogP contribution < -0.4 is 15.4 Å². The highest BCUT2D eigenvalue weighted by Gasteiger charge is 2.16. The third-order valence-electron chi connectivity index (χ3n) is 2.50. The molecule has 1 unspecified atom stereocenters. The lowest BCUT2D eigenvalue weighted by Gasteiger charge is -2.18. The lowest BCUT2D eigenvalue weighted by molar-refractivity contribution is -0.122. The predicted molar refractivity (Wildman–Crippen MR) is 74.3 cm³/mol.